The van der Waals surface area contributed by atoms with E-state index in [-0.39, 0.29) is 5.78 Å². The molecule has 3 rings (SSSR count). The van der Waals surface area contributed by atoms with Crippen LogP contribution in [0.4, 0.5) is 0 Å². The summed E-state index contributed by atoms with van der Waals surface area (Å²) >= 11 is 1.19. The number of aromatic nitrogens is 1. The third-order valence-corrected chi connectivity index (χ3v) is 3.87. The SMILES string of the molecule is N=c1sc(C(=O)c2ccccc2)cn1-c1ccccc1. The standard InChI is InChI=1S/C16H12N2OS/c17-16-18(13-9-5-2-6-10-13)11-14(20-16)15(19)12-7-3-1-4-8-12/h1-11,17H. The molecule has 0 unspecified atom stereocenters. The van der Waals surface area contributed by atoms with Gasteiger partial charge < -0.3 is 0 Å². The number of nitrogens with zero attached hydrogens (tertiary/aromatic N) is 1. The number of ketones is 1. The van der Waals surface area contributed by atoms with Gasteiger partial charge in [-0.15, -0.1) is 0 Å². The van der Waals surface area contributed by atoms with Gasteiger partial charge in [0, 0.05) is 17.4 Å². The number of rotatable bonds is 3. The van der Waals surface area contributed by atoms with Crippen molar-refractivity contribution >= 4 is 17.1 Å². The van der Waals surface area contributed by atoms with Crippen LogP contribution in [0.3, 0.4) is 0 Å². The minimum absolute atomic E-state index is 0.0428. The Labute approximate surface area is 120 Å². The molecule has 3 aromatic rings. The fraction of sp³-hybridized carbons (Fsp3) is 0. The number of benzene rings is 2. The molecule has 2 aromatic carbocycles. The van der Waals surface area contributed by atoms with Crippen LogP contribution in [0, 0.1) is 5.41 Å². The van der Waals surface area contributed by atoms with Crippen LogP contribution in [0.25, 0.3) is 5.69 Å². The summed E-state index contributed by atoms with van der Waals surface area (Å²) in [5, 5.41) is 8.01. The summed E-state index contributed by atoms with van der Waals surface area (Å²) in [6.07, 6.45) is 1.73. The van der Waals surface area contributed by atoms with E-state index in [2.05, 4.69) is 0 Å². The van der Waals surface area contributed by atoms with E-state index in [4.69, 9.17) is 5.41 Å². The van der Waals surface area contributed by atoms with Gasteiger partial charge in [0.25, 0.3) is 0 Å². The van der Waals surface area contributed by atoms with Gasteiger partial charge in [0.1, 0.15) is 0 Å². The smallest absolute Gasteiger partial charge is 0.204 e. The lowest BCUT2D eigenvalue weighted by Gasteiger charge is -2.00. The Morgan fingerprint density at radius 1 is 0.950 bits per heavy atom. The number of para-hydroxylation sites is 1. The van der Waals surface area contributed by atoms with Crippen molar-refractivity contribution in [2.45, 2.75) is 0 Å². The van der Waals surface area contributed by atoms with Gasteiger partial charge in [-0.3, -0.25) is 14.8 Å². The molecule has 0 aliphatic rings. The minimum Gasteiger partial charge on any atom is -0.292 e. The van der Waals surface area contributed by atoms with Gasteiger partial charge in [0.2, 0.25) is 5.78 Å². The molecule has 4 heteroatoms. The van der Waals surface area contributed by atoms with Crippen LogP contribution >= 0.6 is 11.3 Å². The second kappa shape index (κ2) is 5.27. The Morgan fingerprint density at radius 2 is 1.55 bits per heavy atom. The van der Waals surface area contributed by atoms with Crippen LogP contribution in [0.1, 0.15) is 15.2 Å². The Balaban J connectivity index is 2.02. The van der Waals surface area contributed by atoms with Crippen molar-refractivity contribution in [1.29, 1.82) is 5.41 Å². The van der Waals surface area contributed by atoms with Gasteiger partial charge in [0.05, 0.1) is 4.88 Å². The Hall–Kier alpha value is -2.46. The maximum Gasteiger partial charge on any atom is 0.204 e. The van der Waals surface area contributed by atoms with Crippen molar-refractivity contribution in [3.8, 4) is 5.69 Å². The minimum atomic E-state index is -0.0428. The first kappa shape index (κ1) is 12.6. The van der Waals surface area contributed by atoms with E-state index in [1.165, 1.54) is 11.3 Å². The Bertz CT molecular complexity index is 788. The van der Waals surface area contributed by atoms with E-state index < -0.39 is 0 Å². The first-order valence-corrected chi connectivity index (χ1v) is 6.99. The highest BCUT2D eigenvalue weighted by atomic mass is 32.1. The highest BCUT2D eigenvalue weighted by molar-refractivity contribution is 7.11. The van der Waals surface area contributed by atoms with Gasteiger partial charge >= 0.3 is 0 Å². The zero-order valence-electron chi connectivity index (χ0n) is 10.6. The molecule has 0 bridgehead atoms. The third-order valence-electron chi connectivity index (χ3n) is 2.97. The van der Waals surface area contributed by atoms with E-state index in [1.807, 2.05) is 48.5 Å². The molecule has 0 radical (unpaired) electrons. The topological polar surface area (TPSA) is 45.9 Å². The van der Waals surface area contributed by atoms with Gasteiger partial charge in [-0.25, -0.2) is 0 Å². The normalized spacial score (nSPS) is 10.4. The van der Waals surface area contributed by atoms with Crippen molar-refractivity contribution in [1.82, 2.24) is 4.57 Å². The molecule has 0 aliphatic carbocycles. The van der Waals surface area contributed by atoms with E-state index in [9.17, 15) is 4.79 Å². The maximum absolute atomic E-state index is 12.4. The highest BCUT2D eigenvalue weighted by Crippen LogP contribution is 2.14. The first-order valence-electron chi connectivity index (χ1n) is 6.18. The second-order valence-electron chi connectivity index (χ2n) is 4.30. The number of thiazole rings is 1. The molecule has 1 N–H and O–H groups in total. The molecule has 0 fully saturated rings. The highest BCUT2D eigenvalue weighted by Gasteiger charge is 2.13. The molecule has 1 heterocycles. The van der Waals surface area contributed by atoms with Crippen LogP contribution in [-0.4, -0.2) is 10.4 Å². The summed E-state index contributed by atoms with van der Waals surface area (Å²) in [7, 11) is 0. The van der Waals surface area contributed by atoms with E-state index >= 15 is 0 Å². The molecule has 0 amide bonds. The third kappa shape index (κ3) is 2.33. The van der Waals surface area contributed by atoms with Gasteiger partial charge in [0.15, 0.2) is 4.80 Å². The molecule has 0 spiro atoms. The average molecular weight is 280 g/mol. The van der Waals surface area contributed by atoms with Gasteiger partial charge in [-0.05, 0) is 12.1 Å². The Morgan fingerprint density at radius 3 is 2.20 bits per heavy atom. The summed E-state index contributed by atoms with van der Waals surface area (Å²) in [5.41, 5.74) is 1.54. The molecule has 0 atom stereocenters. The molecule has 0 saturated heterocycles. The van der Waals surface area contributed by atoms with Crippen molar-refractivity contribution < 1.29 is 4.79 Å². The maximum atomic E-state index is 12.4. The van der Waals surface area contributed by atoms with Crippen molar-refractivity contribution in [2.75, 3.05) is 0 Å². The number of hydrogen-bond donors (Lipinski definition) is 1. The quantitative estimate of drug-likeness (QED) is 0.735. The van der Waals surface area contributed by atoms with Crippen molar-refractivity contribution in [2.24, 2.45) is 0 Å². The summed E-state index contributed by atoms with van der Waals surface area (Å²) < 4.78 is 1.72. The van der Waals surface area contributed by atoms with Gasteiger partial charge in [-0.2, -0.15) is 0 Å². The lowest BCUT2D eigenvalue weighted by Crippen LogP contribution is -2.08. The molecule has 0 aliphatic heterocycles. The van der Waals surface area contributed by atoms with Crippen molar-refractivity contribution in [3.63, 3.8) is 0 Å². The van der Waals surface area contributed by atoms with Crippen LogP contribution in [-0.2, 0) is 0 Å². The van der Waals surface area contributed by atoms with Crippen LogP contribution in [0.5, 0.6) is 0 Å². The van der Waals surface area contributed by atoms with Crippen LogP contribution < -0.4 is 4.80 Å². The first-order chi connectivity index (χ1) is 9.75. The average Bonchev–Trinajstić information content (AvgIpc) is 2.90. The number of carbonyl (C=O) groups excluding carboxylic acids is 1. The predicted octanol–water partition coefficient (Wildman–Crippen LogP) is 3.25. The monoisotopic (exact) mass is 280 g/mol. The predicted molar refractivity (Wildman–Crippen MR) is 79.4 cm³/mol. The lowest BCUT2D eigenvalue weighted by molar-refractivity contribution is 0.104. The molecular formula is C16H12N2OS. The zero-order valence-corrected chi connectivity index (χ0v) is 11.4. The fourth-order valence-corrected chi connectivity index (χ4v) is 2.81. The molecular weight excluding hydrogens is 268 g/mol. The van der Waals surface area contributed by atoms with E-state index in [1.54, 1.807) is 22.9 Å². The van der Waals surface area contributed by atoms with E-state index in [0.717, 1.165) is 5.69 Å². The lowest BCUT2D eigenvalue weighted by atomic mass is 10.1. The van der Waals surface area contributed by atoms with E-state index in [0.29, 0.717) is 15.2 Å². The second-order valence-corrected chi connectivity index (χ2v) is 5.33. The number of nitrogens with one attached hydrogen (secondary N) is 1. The Kier molecular flexibility index (Phi) is 3.31. The molecule has 20 heavy (non-hydrogen) atoms. The molecule has 1 aromatic heterocycles. The molecule has 0 saturated carbocycles. The van der Waals surface area contributed by atoms with Crippen LogP contribution in [0.15, 0.2) is 66.9 Å². The van der Waals surface area contributed by atoms with Crippen molar-refractivity contribution in [3.05, 3.63) is 82.1 Å². The molecule has 98 valence electrons. The van der Waals surface area contributed by atoms with Gasteiger partial charge in [-0.1, -0.05) is 59.9 Å². The summed E-state index contributed by atoms with van der Waals surface area (Å²) in [5.74, 6) is -0.0428. The number of carbonyl (C=O) groups is 1. The summed E-state index contributed by atoms with van der Waals surface area (Å²) in [6, 6.07) is 18.7. The summed E-state index contributed by atoms with van der Waals surface area (Å²) in [4.78, 5) is 13.3. The fourth-order valence-electron chi connectivity index (χ4n) is 1.97. The summed E-state index contributed by atoms with van der Waals surface area (Å²) in [6.45, 7) is 0. The number of hydrogen-bond acceptors (Lipinski definition) is 3. The zero-order chi connectivity index (χ0) is 13.9. The van der Waals surface area contributed by atoms with Crippen LogP contribution in [0.2, 0.25) is 0 Å². The molecule has 3 nitrogen and oxygen atoms in total. The largest absolute Gasteiger partial charge is 0.292 e.